The van der Waals surface area contributed by atoms with E-state index in [9.17, 15) is 0 Å². The lowest BCUT2D eigenvalue weighted by Gasteiger charge is -2.10. The molecular formula is C18H16N4. The molecule has 2 aromatic carbocycles. The van der Waals surface area contributed by atoms with Crippen LogP contribution >= 0.6 is 0 Å². The molecule has 22 heavy (non-hydrogen) atoms. The second-order valence-electron chi connectivity index (χ2n) is 5.28. The Hall–Kier alpha value is -2.88. The van der Waals surface area contributed by atoms with Crippen LogP contribution < -0.4 is 5.32 Å². The van der Waals surface area contributed by atoms with E-state index < -0.39 is 0 Å². The summed E-state index contributed by atoms with van der Waals surface area (Å²) in [5, 5.41) is 3.43. The fourth-order valence-electron chi connectivity index (χ4n) is 2.70. The van der Waals surface area contributed by atoms with Crippen molar-refractivity contribution in [1.82, 2.24) is 14.4 Å². The van der Waals surface area contributed by atoms with Crippen LogP contribution in [0.25, 0.3) is 16.6 Å². The lowest BCUT2D eigenvalue weighted by atomic mass is 10.1. The molecule has 2 heterocycles. The Morgan fingerprint density at radius 2 is 1.95 bits per heavy atom. The summed E-state index contributed by atoms with van der Waals surface area (Å²) >= 11 is 0. The van der Waals surface area contributed by atoms with Crippen molar-refractivity contribution in [1.29, 1.82) is 0 Å². The van der Waals surface area contributed by atoms with E-state index in [4.69, 9.17) is 4.98 Å². The summed E-state index contributed by atoms with van der Waals surface area (Å²) in [6.45, 7) is 2.16. The third-order valence-electron chi connectivity index (χ3n) is 3.85. The minimum absolute atomic E-state index is 0.824. The number of aryl methyl sites for hydroxylation is 1. The number of hydrogen-bond acceptors (Lipinski definition) is 3. The number of hydrogen-bond donors (Lipinski definition) is 1. The molecule has 0 radical (unpaired) electrons. The van der Waals surface area contributed by atoms with Gasteiger partial charge in [-0.05, 0) is 36.2 Å². The van der Waals surface area contributed by atoms with Gasteiger partial charge in [0, 0.05) is 5.69 Å². The summed E-state index contributed by atoms with van der Waals surface area (Å²) in [5.74, 6) is 0.824. The molecule has 108 valence electrons. The molecule has 0 aliphatic carbocycles. The molecule has 1 N–H and O–H groups in total. The maximum absolute atomic E-state index is 4.75. The van der Waals surface area contributed by atoms with Crippen molar-refractivity contribution >= 4 is 28.1 Å². The first-order valence-corrected chi connectivity index (χ1v) is 7.42. The Bertz CT molecular complexity index is 956. The summed E-state index contributed by atoms with van der Waals surface area (Å²) in [6, 6.07) is 16.5. The lowest BCUT2D eigenvalue weighted by molar-refractivity contribution is 1.14. The van der Waals surface area contributed by atoms with Crippen LogP contribution in [-0.4, -0.2) is 14.4 Å². The number of fused-ring (bicyclic) bond motifs is 3. The van der Waals surface area contributed by atoms with Gasteiger partial charge in [0.05, 0.1) is 23.6 Å². The first-order chi connectivity index (χ1) is 10.8. The number of nitrogens with one attached hydrogen (secondary N) is 1. The summed E-state index contributed by atoms with van der Waals surface area (Å²) in [5.41, 5.74) is 5.33. The first kappa shape index (κ1) is 12.8. The van der Waals surface area contributed by atoms with Gasteiger partial charge in [-0.15, -0.1) is 0 Å². The maximum Gasteiger partial charge on any atom is 0.157 e. The number of rotatable bonds is 3. The second kappa shape index (κ2) is 5.15. The van der Waals surface area contributed by atoms with Crippen molar-refractivity contribution < 1.29 is 0 Å². The van der Waals surface area contributed by atoms with E-state index in [0.717, 1.165) is 34.5 Å². The topological polar surface area (TPSA) is 42.2 Å². The number of para-hydroxylation sites is 2. The van der Waals surface area contributed by atoms with E-state index in [1.54, 1.807) is 0 Å². The molecule has 0 saturated carbocycles. The average molecular weight is 288 g/mol. The second-order valence-corrected chi connectivity index (χ2v) is 5.28. The number of anilines is 2. The third kappa shape index (κ3) is 2.09. The highest BCUT2D eigenvalue weighted by molar-refractivity contribution is 5.85. The fourth-order valence-corrected chi connectivity index (χ4v) is 2.70. The SMILES string of the molecule is CCc1cccc(Nc2nc3ccccc3n3cncc23)c1. The van der Waals surface area contributed by atoms with Crippen molar-refractivity contribution in [3.63, 3.8) is 0 Å². The highest BCUT2D eigenvalue weighted by Gasteiger charge is 2.08. The van der Waals surface area contributed by atoms with E-state index >= 15 is 0 Å². The van der Waals surface area contributed by atoms with E-state index in [0.29, 0.717) is 0 Å². The molecule has 0 unspecified atom stereocenters. The van der Waals surface area contributed by atoms with Gasteiger partial charge >= 0.3 is 0 Å². The van der Waals surface area contributed by atoms with Gasteiger partial charge in [0.1, 0.15) is 5.52 Å². The van der Waals surface area contributed by atoms with Crippen LogP contribution in [0.4, 0.5) is 11.5 Å². The standard InChI is InChI=1S/C18H16N4/c1-2-13-6-5-7-14(10-13)20-18-17-11-19-12-22(17)16-9-4-3-8-15(16)21-18/h3-12H,2H2,1H3,(H,20,21). The van der Waals surface area contributed by atoms with Crippen LogP contribution in [0.5, 0.6) is 0 Å². The van der Waals surface area contributed by atoms with Gasteiger partial charge in [-0.25, -0.2) is 9.97 Å². The van der Waals surface area contributed by atoms with Crippen LogP contribution in [0.15, 0.2) is 61.1 Å². The molecule has 0 atom stereocenters. The van der Waals surface area contributed by atoms with E-state index in [1.807, 2.05) is 30.7 Å². The molecular weight excluding hydrogens is 272 g/mol. The van der Waals surface area contributed by atoms with Crippen molar-refractivity contribution in [3.05, 3.63) is 66.6 Å². The Kier molecular flexibility index (Phi) is 3.00. The van der Waals surface area contributed by atoms with Gasteiger partial charge < -0.3 is 5.32 Å². The Balaban J connectivity index is 1.87. The molecule has 4 nitrogen and oxygen atoms in total. The zero-order valence-corrected chi connectivity index (χ0v) is 12.3. The van der Waals surface area contributed by atoms with Crippen LogP contribution in [0.2, 0.25) is 0 Å². The smallest absolute Gasteiger partial charge is 0.157 e. The van der Waals surface area contributed by atoms with Gasteiger partial charge in [0.25, 0.3) is 0 Å². The third-order valence-corrected chi connectivity index (χ3v) is 3.85. The van der Waals surface area contributed by atoms with Crippen LogP contribution in [-0.2, 0) is 6.42 Å². The van der Waals surface area contributed by atoms with E-state index in [-0.39, 0.29) is 0 Å². The lowest BCUT2D eigenvalue weighted by Crippen LogP contribution is -1.99. The molecule has 4 heteroatoms. The highest BCUT2D eigenvalue weighted by Crippen LogP contribution is 2.24. The Labute approximate surface area is 128 Å². The van der Waals surface area contributed by atoms with Gasteiger partial charge in [-0.2, -0.15) is 0 Å². The van der Waals surface area contributed by atoms with Crippen molar-refractivity contribution in [2.75, 3.05) is 5.32 Å². The summed E-state index contributed by atoms with van der Waals surface area (Å²) in [4.78, 5) is 9.02. The van der Waals surface area contributed by atoms with Crippen LogP contribution in [0.1, 0.15) is 12.5 Å². The monoisotopic (exact) mass is 288 g/mol. The largest absolute Gasteiger partial charge is 0.338 e. The average Bonchev–Trinajstić information content (AvgIpc) is 3.05. The first-order valence-electron chi connectivity index (χ1n) is 7.42. The summed E-state index contributed by atoms with van der Waals surface area (Å²) in [7, 11) is 0. The number of imidazole rings is 1. The van der Waals surface area contributed by atoms with Gasteiger partial charge in [-0.3, -0.25) is 4.40 Å². The molecule has 0 spiro atoms. The highest BCUT2D eigenvalue weighted by atomic mass is 15.1. The van der Waals surface area contributed by atoms with E-state index in [1.165, 1.54) is 5.56 Å². The molecule has 0 bridgehead atoms. The molecule has 0 aliphatic rings. The quantitative estimate of drug-likeness (QED) is 0.614. The molecule has 0 amide bonds. The minimum Gasteiger partial charge on any atom is -0.338 e. The summed E-state index contributed by atoms with van der Waals surface area (Å²) < 4.78 is 2.06. The zero-order chi connectivity index (χ0) is 14.9. The predicted molar refractivity (Wildman–Crippen MR) is 89.6 cm³/mol. The van der Waals surface area contributed by atoms with Crippen molar-refractivity contribution in [3.8, 4) is 0 Å². The number of nitrogens with zero attached hydrogens (tertiary/aromatic N) is 3. The van der Waals surface area contributed by atoms with Gasteiger partial charge in [0.15, 0.2) is 5.82 Å². The summed E-state index contributed by atoms with van der Waals surface area (Å²) in [6.07, 6.45) is 4.68. The Morgan fingerprint density at radius 1 is 1.05 bits per heavy atom. The maximum atomic E-state index is 4.75. The fraction of sp³-hybridized carbons (Fsp3) is 0.111. The van der Waals surface area contributed by atoms with Crippen molar-refractivity contribution in [2.45, 2.75) is 13.3 Å². The van der Waals surface area contributed by atoms with Crippen LogP contribution in [0, 0.1) is 0 Å². The predicted octanol–water partition coefficient (Wildman–Crippen LogP) is 4.19. The minimum atomic E-state index is 0.824. The van der Waals surface area contributed by atoms with Crippen LogP contribution in [0.3, 0.4) is 0 Å². The van der Waals surface area contributed by atoms with Gasteiger partial charge in [0.2, 0.25) is 0 Å². The molecule has 4 aromatic rings. The molecule has 2 aromatic heterocycles. The molecule has 0 aliphatic heterocycles. The normalized spacial score (nSPS) is 11.1. The van der Waals surface area contributed by atoms with E-state index in [2.05, 4.69) is 52.0 Å². The Morgan fingerprint density at radius 3 is 2.86 bits per heavy atom. The molecule has 0 fully saturated rings. The number of aromatic nitrogens is 3. The zero-order valence-electron chi connectivity index (χ0n) is 12.3. The van der Waals surface area contributed by atoms with Gasteiger partial charge in [-0.1, -0.05) is 31.2 Å². The van der Waals surface area contributed by atoms with Crippen molar-refractivity contribution in [2.24, 2.45) is 0 Å². The number of benzene rings is 2. The molecule has 0 saturated heterocycles. The molecule has 4 rings (SSSR count).